The average molecular weight is 336 g/mol. The summed E-state index contributed by atoms with van der Waals surface area (Å²) >= 11 is 0. The van der Waals surface area contributed by atoms with E-state index in [4.69, 9.17) is 0 Å². The summed E-state index contributed by atoms with van der Waals surface area (Å²) in [6.45, 7) is 1.99. The van der Waals surface area contributed by atoms with Crippen molar-refractivity contribution in [3.63, 3.8) is 0 Å². The number of esters is 1. The van der Waals surface area contributed by atoms with Crippen molar-refractivity contribution in [2.24, 2.45) is 0 Å². The molecule has 2 aromatic carbocycles. The summed E-state index contributed by atoms with van der Waals surface area (Å²) in [6.07, 6.45) is 1.55. The Balaban J connectivity index is 1.76. The molecule has 0 unspecified atom stereocenters. The number of carbonyl (C=O) groups excluding carboxylic acids is 2. The Bertz CT molecular complexity index is 916. The molecule has 0 atom stereocenters. The van der Waals surface area contributed by atoms with Gasteiger partial charge in [-0.05, 0) is 37.3 Å². The summed E-state index contributed by atoms with van der Waals surface area (Å²) < 4.78 is 6.19. The first-order valence-corrected chi connectivity index (χ1v) is 7.56. The van der Waals surface area contributed by atoms with Crippen LogP contribution in [0.25, 0.3) is 5.69 Å². The van der Waals surface area contributed by atoms with Gasteiger partial charge in [0.1, 0.15) is 0 Å². The van der Waals surface area contributed by atoms with Gasteiger partial charge >= 0.3 is 5.97 Å². The maximum absolute atomic E-state index is 12.3. The molecule has 0 radical (unpaired) electrons. The average Bonchev–Trinajstić information content (AvgIpc) is 3.12. The first-order chi connectivity index (χ1) is 12.1. The number of nitrogens with zero attached hydrogens (tertiary/aromatic N) is 3. The van der Waals surface area contributed by atoms with E-state index in [0.717, 1.165) is 11.3 Å². The summed E-state index contributed by atoms with van der Waals surface area (Å²) in [4.78, 5) is 23.9. The van der Waals surface area contributed by atoms with Gasteiger partial charge in [-0.25, -0.2) is 9.48 Å². The summed E-state index contributed by atoms with van der Waals surface area (Å²) in [6, 6.07) is 14.2. The van der Waals surface area contributed by atoms with Crippen molar-refractivity contribution in [2.75, 3.05) is 12.4 Å². The zero-order valence-corrected chi connectivity index (χ0v) is 13.8. The van der Waals surface area contributed by atoms with Crippen LogP contribution in [0.2, 0.25) is 0 Å². The highest BCUT2D eigenvalue weighted by Gasteiger charge is 2.13. The number of rotatable bonds is 4. The predicted octanol–water partition coefficient (Wildman–Crippen LogP) is 2.61. The summed E-state index contributed by atoms with van der Waals surface area (Å²) in [5, 5.41) is 10.6. The zero-order valence-electron chi connectivity index (χ0n) is 13.8. The fourth-order valence-corrected chi connectivity index (χ4v) is 2.23. The second-order valence-corrected chi connectivity index (χ2v) is 5.41. The van der Waals surface area contributed by atoms with Crippen LogP contribution in [-0.4, -0.2) is 34.0 Å². The van der Waals surface area contributed by atoms with Crippen LogP contribution in [0.15, 0.2) is 54.7 Å². The molecule has 0 spiro atoms. The molecule has 0 saturated carbocycles. The van der Waals surface area contributed by atoms with E-state index in [1.165, 1.54) is 17.9 Å². The highest BCUT2D eigenvalue weighted by Crippen LogP contribution is 2.13. The van der Waals surface area contributed by atoms with Crippen molar-refractivity contribution < 1.29 is 14.3 Å². The lowest BCUT2D eigenvalue weighted by atomic mass is 10.2. The number of aryl methyl sites for hydroxylation is 1. The van der Waals surface area contributed by atoms with Gasteiger partial charge in [-0.1, -0.05) is 29.0 Å². The number of methoxy groups -OCH3 is 1. The molecule has 1 heterocycles. The normalized spacial score (nSPS) is 10.3. The number of aromatic nitrogens is 3. The van der Waals surface area contributed by atoms with Crippen molar-refractivity contribution in [1.82, 2.24) is 15.0 Å². The third-order valence-electron chi connectivity index (χ3n) is 3.57. The van der Waals surface area contributed by atoms with E-state index in [0.29, 0.717) is 11.3 Å². The molecule has 25 heavy (non-hydrogen) atoms. The summed E-state index contributed by atoms with van der Waals surface area (Å²) in [5.74, 6) is -0.887. The molecule has 3 rings (SSSR count). The largest absolute Gasteiger partial charge is 0.465 e. The molecule has 1 N–H and O–H groups in total. The van der Waals surface area contributed by atoms with Crippen LogP contribution in [0.1, 0.15) is 26.4 Å². The second kappa shape index (κ2) is 6.96. The number of anilines is 1. The number of hydrogen-bond acceptors (Lipinski definition) is 5. The lowest BCUT2D eigenvalue weighted by molar-refractivity contribution is 0.0600. The van der Waals surface area contributed by atoms with Crippen molar-refractivity contribution in [2.45, 2.75) is 6.92 Å². The Hall–Kier alpha value is -3.48. The molecule has 126 valence electrons. The minimum atomic E-state index is -0.471. The van der Waals surface area contributed by atoms with Crippen LogP contribution in [0.4, 0.5) is 5.69 Å². The van der Waals surface area contributed by atoms with E-state index in [1.807, 2.05) is 31.2 Å². The topological polar surface area (TPSA) is 86.1 Å². The molecule has 0 aliphatic rings. The standard InChI is InChI=1S/C18H16N4O3/c1-12-6-8-15(9-7-12)22-11-16(20-21-22)17(23)19-14-5-3-4-13(10-14)18(24)25-2/h3-11H,1-2H3,(H,19,23). The Kier molecular flexibility index (Phi) is 4.56. The molecule has 1 amide bonds. The van der Waals surface area contributed by atoms with Gasteiger partial charge in [-0.15, -0.1) is 5.10 Å². The Morgan fingerprint density at radius 1 is 1.12 bits per heavy atom. The van der Waals surface area contributed by atoms with Crippen LogP contribution in [0.3, 0.4) is 0 Å². The SMILES string of the molecule is COC(=O)c1cccc(NC(=O)c2cn(-c3ccc(C)cc3)nn2)c1. The van der Waals surface area contributed by atoms with Crippen molar-refractivity contribution >= 4 is 17.6 Å². The number of hydrogen-bond donors (Lipinski definition) is 1. The Morgan fingerprint density at radius 3 is 2.60 bits per heavy atom. The maximum Gasteiger partial charge on any atom is 0.337 e. The quantitative estimate of drug-likeness (QED) is 0.740. The van der Waals surface area contributed by atoms with Crippen LogP contribution >= 0.6 is 0 Å². The van der Waals surface area contributed by atoms with Gasteiger partial charge in [-0.2, -0.15) is 0 Å². The number of nitrogens with one attached hydrogen (secondary N) is 1. The lowest BCUT2D eigenvalue weighted by Crippen LogP contribution is -2.13. The van der Waals surface area contributed by atoms with Gasteiger partial charge in [0.25, 0.3) is 5.91 Å². The van der Waals surface area contributed by atoms with E-state index in [-0.39, 0.29) is 5.69 Å². The highest BCUT2D eigenvalue weighted by atomic mass is 16.5. The molecule has 3 aromatic rings. The first kappa shape index (κ1) is 16.4. The molecule has 0 bridgehead atoms. The van der Waals surface area contributed by atoms with Gasteiger partial charge in [0.05, 0.1) is 24.6 Å². The number of benzene rings is 2. The van der Waals surface area contributed by atoms with Crippen molar-refractivity contribution in [1.29, 1.82) is 0 Å². The highest BCUT2D eigenvalue weighted by molar-refractivity contribution is 6.03. The molecule has 7 heteroatoms. The molecular weight excluding hydrogens is 320 g/mol. The molecule has 0 aliphatic carbocycles. The molecule has 0 saturated heterocycles. The summed E-state index contributed by atoms with van der Waals surface area (Å²) in [5.41, 5.74) is 2.93. The van der Waals surface area contributed by atoms with Crippen LogP contribution in [-0.2, 0) is 4.74 Å². The third-order valence-corrected chi connectivity index (χ3v) is 3.57. The zero-order chi connectivity index (χ0) is 17.8. The van der Waals surface area contributed by atoms with E-state index in [1.54, 1.807) is 24.4 Å². The molecule has 0 fully saturated rings. The van der Waals surface area contributed by atoms with E-state index in [2.05, 4.69) is 20.4 Å². The smallest absolute Gasteiger partial charge is 0.337 e. The lowest BCUT2D eigenvalue weighted by Gasteiger charge is -2.05. The van der Waals surface area contributed by atoms with Crippen LogP contribution in [0, 0.1) is 6.92 Å². The maximum atomic E-state index is 12.3. The predicted molar refractivity (Wildman–Crippen MR) is 91.8 cm³/mol. The molecule has 7 nitrogen and oxygen atoms in total. The van der Waals surface area contributed by atoms with Gasteiger partial charge in [0, 0.05) is 5.69 Å². The van der Waals surface area contributed by atoms with Crippen molar-refractivity contribution in [3.05, 3.63) is 71.5 Å². The van der Waals surface area contributed by atoms with E-state index in [9.17, 15) is 9.59 Å². The second-order valence-electron chi connectivity index (χ2n) is 5.41. The number of carbonyl (C=O) groups is 2. The third kappa shape index (κ3) is 3.72. The van der Waals surface area contributed by atoms with Gasteiger partial charge < -0.3 is 10.1 Å². The van der Waals surface area contributed by atoms with Gasteiger partial charge in [0.2, 0.25) is 0 Å². The van der Waals surface area contributed by atoms with E-state index >= 15 is 0 Å². The Labute approximate surface area is 144 Å². The number of amides is 1. The first-order valence-electron chi connectivity index (χ1n) is 7.56. The van der Waals surface area contributed by atoms with Gasteiger partial charge in [-0.3, -0.25) is 4.79 Å². The van der Waals surface area contributed by atoms with Crippen LogP contribution < -0.4 is 5.32 Å². The summed E-state index contributed by atoms with van der Waals surface area (Å²) in [7, 11) is 1.30. The monoisotopic (exact) mass is 336 g/mol. The minimum Gasteiger partial charge on any atom is -0.465 e. The van der Waals surface area contributed by atoms with Gasteiger partial charge in [0.15, 0.2) is 5.69 Å². The van der Waals surface area contributed by atoms with E-state index < -0.39 is 11.9 Å². The van der Waals surface area contributed by atoms with Crippen molar-refractivity contribution in [3.8, 4) is 5.69 Å². The Morgan fingerprint density at radius 2 is 1.88 bits per heavy atom. The fraction of sp³-hybridized carbons (Fsp3) is 0.111. The molecular formula is C18H16N4O3. The molecule has 0 aliphatic heterocycles. The van der Waals surface area contributed by atoms with Crippen LogP contribution in [0.5, 0.6) is 0 Å². The number of ether oxygens (including phenoxy) is 1. The fourth-order valence-electron chi connectivity index (χ4n) is 2.23. The molecule has 1 aromatic heterocycles. The minimum absolute atomic E-state index is 0.170.